The van der Waals surface area contributed by atoms with Crippen molar-refractivity contribution in [1.29, 1.82) is 0 Å². The van der Waals surface area contributed by atoms with Gasteiger partial charge < -0.3 is 5.73 Å². The van der Waals surface area contributed by atoms with Crippen molar-refractivity contribution in [2.24, 2.45) is 11.7 Å². The van der Waals surface area contributed by atoms with Gasteiger partial charge in [0.25, 0.3) is 0 Å². The quantitative estimate of drug-likeness (QED) is 0.720. The molecule has 21 heavy (non-hydrogen) atoms. The van der Waals surface area contributed by atoms with Crippen molar-refractivity contribution in [2.75, 3.05) is 13.1 Å². The molecule has 4 nitrogen and oxygen atoms in total. The summed E-state index contributed by atoms with van der Waals surface area (Å²) in [7, 11) is 0. The van der Waals surface area contributed by atoms with Gasteiger partial charge in [0.2, 0.25) is 5.91 Å². The molecule has 2 atom stereocenters. The summed E-state index contributed by atoms with van der Waals surface area (Å²) >= 11 is 0. The molecule has 1 aliphatic heterocycles. The van der Waals surface area contributed by atoms with E-state index in [9.17, 15) is 4.79 Å². The number of carbonyl (C=O) groups excluding carboxylic acids is 1. The maximum atomic E-state index is 12.3. The zero-order valence-electron chi connectivity index (χ0n) is 13.4. The number of amides is 1. The molecule has 0 aromatic rings. The number of primary amides is 1. The Morgan fingerprint density at radius 1 is 1.24 bits per heavy atom. The van der Waals surface area contributed by atoms with Crippen molar-refractivity contribution in [2.45, 2.75) is 82.3 Å². The number of carbonyl (C=O) groups is 1. The fraction of sp³-hybridized carbons (Fsp3) is 0.941. The van der Waals surface area contributed by atoms with Crippen LogP contribution >= 0.6 is 0 Å². The molecule has 1 heterocycles. The molecule has 0 aromatic carbocycles. The van der Waals surface area contributed by atoms with Crippen LogP contribution in [0.4, 0.5) is 0 Å². The number of nitrogens with two attached hydrogens (primary N) is 1. The molecular formula is C17H31N3O. The molecule has 2 saturated carbocycles. The molecule has 2 aliphatic carbocycles. The topological polar surface area (TPSA) is 58.4 Å². The van der Waals surface area contributed by atoms with Gasteiger partial charge >= 0.3 is 0 Å². The van der Waals surface area contributed by atoms with Crippen LogP contribution in [0.2, 0.25) is 0 Å². The van der Waals surface area contributed by atoms with E-state index in [0.29, 0.717) is 18.0 Å². The number of rotatable bonds is 8. The molecular weight excluding hydrogens is 262 g/mol. The summed E-state index contributed by atoms with van der Waals surface area (Å²) in [5.41, 5.74) is 5.44. The predicted molar refractivity (Wildman–Crippen MR) is 84.9 cm³/mol. The van der Waals surface area contributed by atoms with Crippen LogP contribution in [0.5, 0.6) is 0 Å². The maximum Gasteiger partial charge on any atom is 0.239 e. The fourth-order valence-electron chi connectivity index (χ4n) is 4.06. The lowest BCUT2D eigenvalue weighted by Gasteiger charge is -2.43. The number of piperidine rings is 1. The highest BCUT2D eigenvalue weighted by molar-refractivity contribution is 5.86. The van der Waals surface area contributed by atoms with Crippen molar-refractivity contribution in [3.05, 3.63) is 0 Å². The van der Waals surface area contributed by atoms with Crippen LogP contribution in [-0.2, 0) is 4.79 Å². The number of likely N-dealkylation sites (tertiary alicyclic amines) is 1. The molecule has 0 radical (unpaired) electrons. The largest absolute Gasteiger partial charge is 0.368 e. The number of nitrogens with one attached hydrogen (secondary N) is 1. The molecule has 2 unspecified atom stereocenters. The van der Waals surface area contributed by atoms with Gasteiger partial charge in [-0.2, -0.15) is 0 Å². The molecule has 120 valence electrons. The van der Waals surface area contributed by atoms with E-state index in [1.807, 2.05) is 0 Å². The van der Waals surface area contributed by atoms with E-state index in [4.69, 9.17) is 5.73 Å². The molecule has 1 saturated heterocycles. The van der Waals surface area contributed by atoms with E-state index in [1.54, 1.807) is 0 Å². The molecule has 3 fully saturated rings. The van der Waals surface area contributed by atoms with Crippen LogP contribution < -0.4 is 11.1 Å². The second-order valence-electron chi connectivity index (χ2n) is 7.44. The summed E-state index contributed by atoms with van der Waals surface area (Å²) in [6, 6.07) is 1.19. The average Bonchev–Trinajstić information content (AvgIpc) is 3.34. The molecule has 1 amide bonds. The van der Waals surface area contributed by atoms with Gasteiger partial charge in [-0.3, -0.25) is 15.0 Å². The molecule has 4 heteroatoms. The molecule has 3 aliphatic rings. The van der Waals surface area contributed by atoms with Crippen LogP contribution in [0, 0.1) is 5.92 Å². The third-order valence-electron chi connectivity index (χ3n) is 5.58. The highest BCUT2D eigenvalue weighted by Crippen LogP contribution is 2.42. The Balaban J connectivity index is 1.73. The minimum atomic E-state index is -0.454. The molecule has 0 spiro atoms. The smallest absolute Gasteiger partial charge is 0.239 e. The van der Waals surface area contributed by atoms with E-state index in [-0.39, 0.29) is 5.91 Å². The second kappa shape index (κ2) is 6.25. The van der Waals surface area contributed by atoms with E-state index in [2.05, 4.69) is 17.1 Å². The van der Waals surface area contributed by atoms with E-state index >= 15 is 0 Å². The lowest BCUT2D eigenvalue weighted by Crippen LogP contribution is -2.65. The lowest BCUT2D eigenvalue weighted by atomic mass is 9.88. The van der Waals surface area contributed by atoms with Crippen LogP contribution in [-0.4, -0.2) is 41.5 Å². The summed E-state index contributed by atoms with van der Waals surface area (Å²) < 4.78 is 0. The van der Waals surface area contributed by atoms with Gasteiger partial charge in [-0.25, -0.2) is 0 Å². The van der Waals surface area contributed by atoms with Crippen LogP contribution in [0.1, 0.15) is 64.7 Å². The van der Waals surface area contributed by atoms with Gasteiger partial charge in [0.1, 0.15) is 5.54 Å². The predicted octanol–water partition coefficient (Wildman–Crippen LogP) is 2.03. The van der Waals surface area contributed by atoms with Crippen molar-refractivity contribution < 1.29 is 4.79 Å². The van der Waals surface area contributed by atoms with Crippen LogP contribution in [0.3, 0.4) is 0 Å². The second-order valence-corrected chi connectivity index (χ2v) is 7.44. The molecule has 3 N–H and O–H groups in total. The highest BCUT2D eigenvalue weighted by atomic mass is 16.1. The zero-order chi connectivity index (χ0) is 14.9. The summed E-state index contributed by atoms with van der Waals surface area (Å²) in [6.07, 6.45) is 11.1. The first kappa shape index (κ1) is 15.3. The lowest BCUT2D eigenvalue weighted by molar-refractivity contribution is -0.127. The number of hydrogen-bond acceptors (Lipinski definition) is 3. The summed E-state index contributed by atoms with van der Waals surface area (Å²) in [6.45, 7) is 4.24. The summed E-state index contributed by atoms with van der Waals surface area (Å²) in [5, 5.41) is 3.66. The van der Waals surface area contributed by atoms with Gasteiger partial charge in [-0.15, -0.1) is 0 Å². The van der Waals surface area contributed by atoms with Crippen molar-refractivity contribution in [1.82, 2.24) is 10.2 Å². The molecule has 0 bridgehead atoms. The fourth-order valence-corrected chi connectivity index (χ4v) is 4.06. The van der Waals surface area contributed by atoms with Gasteiger partial charge in [0.15, 0.2) is 0 Å². The third-order valence-corrected chi connectivity index (χ3v) is 5.58. The van der Waals surface area contributed by atoms with Crippen molar-refractivity contribution in [3.8, 4) is 0 Å². The van der Waals surface area contributed by atoms with E-state index in [1.165, 1.54) is 44.9 Å². The molecule has 0 aromatic heterocycles. The zero-order valence-corrected chi connectivity index (χ0v) is 13.4. The first-order valence-corrected chi connectivity index (χ1v) is 8.97. The van der Waals surface area contributed by atoms with E-state index < -0.39 is 5.54 Å². The Bertz CT molecular complexity index is 376. The number of hydrogen-bond donors (Lipinski definition) is 2. The monoisotopic (exact) mass is 293 g/mol. The molecule has 3 rings (SSSR count). The van der Waals surface area contributed by atoms with Gasteiger partial charge in [0.05, 0.1) is 0 Å². The standard InChI is InChI=1S/C17H31N3O/c1-2-5-15-6-3-4-11-20(15)12-17(16(18)21,13-7-8-13)19-14-9-10-14/h13-15,19H,2-12H2,1H3,(H2,18,21). The van der Waals surface area contributed by atoms with Crippen molar-refractivity contribution in [3.63, 3.8) is 0 Å². The number of nitrogens with zero attached hydrogens (tertiary/aromatic N) is 1. The average molecular weight is 293 g/mol. The Hall–Kier alpha value is -0.610. The minimum Gasteiger partial charge on any atom is -0.368 e. The van der Waals surface area contributed by atoms with Gasteiger partial charge in [-0.05, 0) is 57.4 Å². The van der Waals surface area contributed by atoms with Gasteiger partial charge in [-0.1, -0.05) is 19.8 Å². The Kier molecular flexibility index (Phi) is 4.55. The summed E-state index contributed by atoms with van der Waals surface area (Å²) in [4.78, 5) is 14.9. The first-order chi connectivity index (χ1) is 10.2. The Morgan fingerprint density at radius 2 is 2.00 bits per heavy atom. The van der Waals surface area contributed by atoms with E-state index in [0.717, 1.165) is 25.9 Å². The van der Waals surface area contributed by atoms with Crippen LogP contribution in [0.25, 0.3) is 0 Å². The highest BCUT2D eigenvalue weighted by Gasteiger charge is 2.53. The first-order valence-electron chi connectivity index (χ1n) is 8.97. The Morgan fingerprint density at radius 3 is 2.57 bits per heavy atom. The van der Waals surface area contributed by atoms with Crippen LogP contribution in [0.15, 0.2) is 0 Å². The van der Waals surface area contributed by atoms with Gasteiger partial charge in [0, 0.05) is 18.6 Å². The summed E-state index contributed by atoms with van der Waals surface area (Å²) in [5.74, 6) is 0.359. The minimum absolute atomic E-state index is 0.113. The normalized spacial score (nSPS) is 30.0. The SMILES string of the molecule is CCCC1CCCCN1CC(NC1CC1)(C(N)=O)C1CC1. The Labute approximate surface area is 128 Å². The maximum absolute atomic E-state index is 12.3. The van der Waals surface area contributed by atoms with Crippen molar-refractivity contribution >= 4 is 5.91 Å². The third kappa shape index (κ3) is 3.42.